The van der Waals surface area contributed by atoms with Crippen LogP contribution in [0.2, 0.25) is 0 Å². The highest BCUT2D eigenvalue weighted by Crippen LogP contribution is 2.35. The molecule has 0 bridgehead atoms. The van der Waals surface area contributed by atoms with Gasteiger partial charge in [0, 0.05) is 10.9 Å². The van der Waals surface area contributed by atoms with Gasteiger partial charge in [0.1, 0.15) is 11.5 Å². The highest BCUT2D eigenvalue weighted by atomic mass is 16.5. The van der Waals surface area contributed by atoms with E-state index < -0.39 is 0 Å². The Hall–Kier alpha value is -3.86. The van der Waals surface area contributed by atoms with Crippen LogP contribution in [0.4, 0.5) is 5.82 Å². The monoisotopic (exact) mass is 352 g/mol. The Morgan fingerprint density at radius 2 is 1.48 bits per heavy atom. The van der Waals surface area contributed by atoms with E-state index in [9.17, 15) is 0 Å². The zero-order valence-electron chi connectivity index (χ0n) is 14.4. The second kappa shape index (κ2) is 6.14. The summed E-state index contributed by atoms with van der Waals surface area (Å²) in [7, 11) is 0. The molecule has 0 unspecified atom stereocenters. The Bertz CT molecular complexity index is 1240. The molecule has 5 rings (SSSR count). The van der Waals surface area contributed by atoms with Gasteiger partial charge in [0.2, 0.25) is 0 Å². The molecule has 5 nitrogen and oxygen atoms in total. The summed E-state index contributed by atoms with van der Waals surface area (Å²) < 4.78 is 5.87. The van der Waals surface area contributed by atoms with Gasteiger partial charge < -0.3 is 10.5 Å². The normalized spacial score (nSPS) is 11.1. The van der Waals surface area contributed by atoms with Crippen molar-refractivity contribution < 1.29 is 4.74 Å². The number of hydrogen-bond acceptors (Lipinski definition) is 4. The number of H-pyrrole nitrogens is 1. The number of hydrogen-bond donors (Lipinski definition) is 2. The zero-order chi connectivity index (χ0) is 18.2. The number of nitrogens with zero attached hydrogens (tertiary/aromatic N) is 2. The Labute approximate surface area is 155 Å². The summed E-state index contributed by atoms with van der Waals surface area (Å²) in [5.41, 5.74) is 9.69. The van der Waals surface area contributed by atoms with E-state index in [1.54, 1.807) is 0 Å². The van der Waals surface area contributed by atoms with E-state index in [0.717, 1.165) is 44.6 Å². The molecule has 3 N–H and O–H groups in total. The van der Waals surface area contributed by atoms with E-state index in [4.69, 9.17) is 15.5 Å². The van der Waals surface area contributed by atoms with Crippen LogP contribution in [0.5, 0.6) is 11.5 Å². The van der Waals surface area contributed by atoms with Crippen molar-refractivity contribution >= 4 is 27.6 Å². The summed E-state index contributed by atoms with van der Waals surface area (Å²) in [6.07, 6.45) is 0. The number of rotatable bonds is 3. The highest BCUT2D eigenvalue weighted by molar-refractivity contribution is 6.12. The molecule has 0 fully saturated rings. The first-order valence-electron chi connectivity index (χ1n) is 8.65. The van der Waals surface area contributed by atoms with Crippen molar-refractivity contribution in [3.63, 3.8) is 0 Å². The molecule has 0 aliphatic heterocycles. The fraction of sp³-hybridized carbons (Fsp3) is 0. The lowest BCUT2D eigenvalue weighted by atomic mass is 10.0. The summed E-state index contributed by atoms with van der Waals surface area (Å²) in [5, 5.41) is 9.08. The number of ether oxygens (including phenoxy) is 1. The molecule has 2 heterocycles. The minimum absolute atomic E-state index is 0.447. The number of aromatic nitrogens is 3. The number of pyridine rings is 1. The van der Waals surface area contributed by atoms with Gasteiger partial charge in [0.25, 0.3) is 0 Å². The summed E-state index contributed by atoms with van der Waals surface area (Å²) >= 11 is 0. The van der Waals surface area contributed by atoms with E-state index in [2.05, 4.69) is 10.2 Å². The van der Waals surface area contributed by atoms with Crippen LogP contribution < -0.4 is 10.5 Å². The lowest BCUT2D eigenvalue weighted by Gasteiger charge is -2.09. The van der Waals surface area contributed by atoms with E-state index in [1.165, 1.54) is 0 Å². The number of anilines is 1. The van der Waals surface area contributed by atoms with Gasteiger partial charge in [-0.1, -0.05) is 36.4 Å². The molecule has 130 valence electrons. The van der Waals surface area contributed by atoms with Crippen molar-refractivity contribution in [2.24, 2.45) is 0 Å². The van der Waals surface area contributed by atoms with Gasteiger partial charge in [0.05, 0.1) is 22.1 Å². The molecular weight excluding hydrogens is 336 g/mol. The van der Waals surface area contributed by atoms with Crippen LogP contribution in [0.25, 0.3) is 33.1 Å². The molecule has 5 aromatic rings. The summed E-state index contributed by atoms with van der Waals surface area (Å²) in [6, 6.07) is 25.5. The molecule has 0 aliphatic carbocycles. The molecule has 0 saturated carbocycles. The molecule has 0 radical (unpaired) electrons. The second-order valence-corrected chi connectivity index (χ2v) is 6.28. The first kappa shape index (κ1) is 15.4. The lowest BCUT2D eigenvalue weighted by molar-refractivity contribution is 0.483. The van der Waals surface area contributed by atoms with Crippen molar-refractivity contribution in [1.82, 2.24) is 15.2 Å². The third kappa shape index (κ3) is 2.66. The van der Waals surface area contributed by atoms with Gasteiger partial charge >= 0.3 is 0 Å². The second-order valence-electron chi connectivity index (χ2n) is 6.28. The Morgan fingerprint density at radius 3 is 2.30 bits per heavy atom. The van der Waals surface area contributed by atoms with Crippen LogP contribution in [0.15, 0.2) is 78.9 Å². The number of para-hydroxylation sites is 2. The molecule has 3 aromatic carbocycles. The molecule has 5 heteroatoms. The van der Waals surface area contributed by atoms with E-state index in [1.807, 2.05) is 78.9 Å². The predicted octanol–water partition coefficient (Wildman–Crippen LogP) is 5.15. The van der Waals surface area contributed by atoms with Gasteiger partial charge in [-0.25, -0.2) is 4.98 Å². The molecule has 0 spiro atoms. The maximum atomic E-state index is 6.13. The van der Waals surface area contributed by atoms with E-state index in [0.29, 0.717) is 5.82 Å². The molecule has 0 aliphatic rings. The maximum Gasteiger partial charge on any atom is 0.155 e. The van der Waals surface area contributed by atoms with Crippen LogP contribution in [0.1, 0.15) is 0 Å². The number of nitrogens with one attached hydrogen (secondary N) is 1. The molecule has 0 atom stereocenters. The topological polar surface area (TPSA) is 76.8 Å². The van der Waals surface area contributed by atoms with Crippen LogP contribution in [-0.2, 0) is 0 Å². The standard InChI is InChI=1S/C22H16N4O/c23-22-19-20(24-18-9-5-4-8-17(18)21(19)25-26-22)14-10-12-16(13-11-14)27-15-6-2-1-3-7-15/h1-13H,(H3,23,25,26). The smallest absolute Gasteiger partial charge is 0.155 e. The van der Waals surface area contributed by atoms with Gasteiger partial charge in [0.15, 0.2) is 5.82 Å². The quantitative estimate of drug-likeness (QED) is 0.470. The third-order valence-electron chi connectivity index (χ3n) is 4.54. The van der Waals surface area contributed by atoms with Gasteiger partial charge in [-0.2, -0.15) is 5.10 Å². The summed E-state index contributed by atoms with van der Waals surface area (Å²) in [5.74, 6) is 2.01. The lowest BCUT2D eigenvalue weighted by Crippen LogP contribution is -1.91. The van der Waals surface area contributed by atoms with Gasteiger partial charge in [-0.3, -0.25) is 5.10 Å². The first-order valence-corrected chi connectivity index (χ1v) is 8.65. The molecule has 0 amide bonds. The fourth-order valence-electron chi connectivity index (χ4n) is 3.26. The highest BCUT2D eigenvalue weighted by Gasteiger charge is 2.15. The minimum atomic E-state index is 0.447. The number of benzene rings is 3. The van der Waals surface area contributed by atoms with E-state index >= 15 is 0 Å². The Morgan fingerprint density at radius 1 is 0.778 bits per heavy atom. The van der Waals surface area contributed by atoms with Crippen molar-refractivity contribution in [2.75, 3.05) is 5.73 Å². The minimum Gasteiger partial charge on any atom is -0.457 e. The molecule has 2 aromatic heterocycles. The Kier molecular flexibility index (Phi) is 3.50. The van der Waals surface area contributed by atoms with Crippen molar-refractivity contribution in [1.29, 1.82) is 0 Å². The van der Waals surface area contributed by atoms with Crippen molar-refractivity contribution in [3.05, 3.63) is 78.9 Å². The van der Waals surface area contributed by atoms with Crippen LogP contribution in [0.3, 0.4) is 0 Å². The predicted molar refractivity (Wildman–Crippen MR) is 108 cm³/mol. The van der Waals surface area contributed by atoms with Crippen LogP contribution in [-0.4, -0.2) is 15.2 Å². The maximum absolute atomic E-state index is 6.13. The SMILES string of the molecule is Nc1n[nH]c2c1c(-c1ccc(Oc3ccccc3)cc1)nc1ccccc12. The largest absolute Gasteiger partial charge is 0.457 e. The van der Waals surface area contributed by atoms with Gasteiger partial charge in [-0.05, 0) is 42.5 Å². The third-order valence-corrected chi connectivity index (χ3v) is 4.54. The van der Waals surface area contributed by atoms with Gasteiger partial charge in [-0.15, -0.1) is 0 Å². The zero-order valence-corrected chi connectivity index (χ0v) is 14.4. The van der Waals surface area contributed by atoms with Crippen molar-refractivity contribution in [3.8, 4) is 22.8 Å². The summed E-state index contributed by atoms with van der Waals surface area (Å²) in [6.45, 7) is 0. The molecule has 27 heavy (non-hydrogen) atoms. The summed E-state index contributed by atoms with van der Waals surface area (Å²) in [4.78, 5) is 4.84. The first-order chi connectivity index (χ1) is 13.3. The Balaban J connectivity index is 1.61. The average molecular weight is 352 g/mol. The number of nitrogen functional groups attached to an aromatic ring is 1. The fourth-order valence-corrected chi connectivity index (χ4v) is 3.26. The number of fused-ring (bicyclic) bond motifs is 3. The molecular formula is C22H16N4O. The number of aromatic amines is 1. The average Bonchev–Trinajstić information content (AvgIpc) is 3.11. The molecule has 0 saturated heterocycles. The van der Waals surface area contributed by atoms with E-state index in [-0.39, 0.29) is 0 Å². The van der Waals surface area contributed by atoms with Crippen molar-refractivity contribution in [2.45, 2.75) is 0 Å². The van der Waals surface area contributed by atoms with Crippen LogP contribution >= 0.6 is 0 Å². The number of nitrogens with two attached hydrogens (primary N) is 1. The van der Waals surface area contributed by atoms with Crippen LogP contribution in [0, 0.1) is 0 Å².